The third-order valence-electron chi connectivity index (χ3n) is 4.23. The summed E-state index contributed by atoms with van der Waals surface area (Å²) in [5.41, 5.74) is 0.850. The number of amides is 1. The van der Waals surface area contributed by atoms with Gasteiger partial charge in [-0.3, -0.25) is 4.79 Å². The van der Waals surface area contributed by atoms with Crippen LogP contribution in [0.25, 0.3) is 11.5 Å². The van der Waals surface area contributed by atoms with Crippen LogP contribution in [0.2, 0.25) is 0 Å². The van der Waals surface area contributed by atoms with Gasteiger partial charge in [-0.15, -0.1) is 10.2 Å². The van der Waals surface area contributed by atoms with Crippen LogP contribution in [-0.2, 0) is 4.79 Å². The summed E-state index contributed by atoms with van der Waals surface area (Å²) in [6, 6.07) is 7.69. The Morgan fingerprint density at radius 2 is 2.08 bits per heavy atom. The van der Waals surface area contributed by atoms with Crippen molar-refractivity contribution in [2.45, 2.75) is 24.3 Å². The SMILES string of the molecule is CCN1CCN(C(=O)C(C)Sc2nnc(-c3cccc(Br)c3)o2)CC1. The van der Waals surface area contributed by atoms with E-state index in [1.807, 2.05) is 36.1 Å². The molecule has 0 N–H and O–H groups in total. The van der Waals surface area contributed by atoms with E-state index in [1.165, 1.54) is 11.8 Å². The first-order valence-electron chi connectivity index (χ1n) is 8.34. The molecule has 0 spiro atoms. The Morgan fingerprint density at radius 3 is 2.76 bits per heavy atom. The van der Waals surface area contributed by atoms with E-state index in [0.29, 0.717) is 11.1 Å². The third-order valence-corrected chi connectivity index (χ3v) is 5.65. The van der Waals surface area contributed by atoms with Crippen molar-refractivity contribution in [2.75, 3.05) is 32.7 Å². The molecule has 1 aromatic heterocycles. The number of aromatic nitrogens is 2. The summed E-state index contributed by atoms with van der Waals surface area (Å²) in [5, 5.41) is 8.32. The fourth-order valence-corrected chi connectivity index (χ4v) is 3.91. The van der Waals surface area contributed by atoms with Gasteiger partial charge in [-0.05, 0) is 31.7 Å². The second-order valence-corrected chi connectivity index (χ2v) is 8.11. The molecule has 1 aromatic carbocycles. The highest BCUT2D eigenvalue weighted by Crippen LogP contribution is 2.28. The van der Waals surface area contributed by atoms with Gasteiger partial charge in [0.1, 0.15) is 0 Å². The largest absolute Gasteiger partial charge is 0.411 e. The number of nitrogens with zero attached hydrogens (tertiary/aromatic N) is 4. The van der Waals surface area contributed by atoms with Crippen molar-refractivity contribution in [3.63, 3.8) is 0 Å². The lowest BCUT2D eigenvalue weighted by Crippen LogP contribution is -2.50. The van der Waals surface area contributed by atoms with E-state index >= 15 is 0 Å². The van der Waals surface area contributed by atoms with E-state index in [-0.39, 0.29) is 11.2 Å². The molecule has 0 radical (unpaired) electrons. The summed E-state index contributed by atoms with van der Waals surface area (Å²) >= 11 is 4.75. The number of hydrogen-bond donors (Lipinski definition) is 0. The van der Waals surface area contributed by atoms with Crippen LogP contribution in [0.3, 0.4) is 0 Å². The minimum Gasteiger partial charge on any atom is -0.411 e. The average Bonchev–Trinajstić information content (AvgIpc) is 3.09. The van der Waals surface area contributed by atoms with Crippen molar-refractivity contribution >= 4 is 33.6 Å². The van der Waals surface area contributed by atoms with Gasteiger partial charge >= 0.3 is 0 Å². The number of piperazine rings is 1. The molecular formula is C17H21BrN4O2S. The Hall–Kier alpha value is -1.38. The molecule has 1 fully saturated rings. The zero-order valence-electron chi connectivity index (χ0n) is 14.3. The number of thioether (sulfide) groups is 1. The van der Waals surface area contributed by atoms with Gasteiger partial charge in [0.25, 0.3) is 5.22 Å². The molecule has 1 unspecified atom stereocenters. The fraction of sp³-hybridized carbons (Fsp3) is 0.471. The number of carbonyl (C=O) groups is 1. The maximum absolute atomic E-state index is 12.6. The van der Waals surface area contributed by atoms with Crippen LogP contribution in [0.1, 0.15) is 13.8 Å². The van der Waals surface area contributed by atoms with Gasteiger partial charge in [0.2, 0.25) is 11.8 Å². The van der Waals surface area contributed by atoms with E-state index in [1.54, 1.807) is 0 Å². The van der Waals surface area contributed by atoms with E-state index in [4.69, 9.17) is 4.42 Å². The van der Waals surface area contributed by atoms with Crippen molar-refractivity contribution in [3.05, 3.63) is 28.7 Å². The highest BCUT2D eigenvalue weighted by molar-refractivity contribution is 9.10. The molecular weight excluding hydrogens is 404 g/mol. The first kappa shape index (κ1) is 18.4. The molecule has 8 heteroatoms. The molecule has 1 saturated heterocycles. The average molecular weight is 425 g/mol. The molecule has 0 aliphatic carbocycles. The minimum atomic E-state index is -0.246. The van der Waals surface area contributed by atoms with Crippen LogP contribution in [0.15, 0.2) is 38.4 Å². The van der Waals surface area contributed by atoms with E-state index in [9.17, 15) is 4.79 Å². The summed E-state index contributed by atoms with van der Waals surface area (Å²) in [7, 11) is 0. The Labute approximate surface area is 160 Å². The summed E-state index contributed by atoms with van der Waals surface area (Å²) < 4.78 is 6.66. The molecule has 1 aliphatic heterocycles. The van der Waals surface area contributed by atoms with Crippen molar-refractivity contribution in [1.82, 2.24) is 20.0 Å². The van der Waals surface area contributed by atoms with Crippen molar-refractivity contribution in [2.24, 2.45) is 0 Å². The van der Waals surface area contributed by atoms with Gasteiger partial charge in [0, 0.05) is 36.2 Å². The van der Waals surface area contributed by atoms with Crippen LogP contribution < -0.4 is 0 Å². The second kappa shape index (κ2) is 8.33. The number of halogens is 1. The number of hydrogen-bond acceptors (Lipinski definition) is 6. The maximum atomic E-state index is 12.6. The highest BCUT2D eigenvalue weighted by Gasteiger charge is 2.26. The summed E-state index contributed by atoms with van der Waals surface area (Å²) in [4.78, 5) is 16.9. The van der Waals surface area contributed by atoms with Crippen LogP contribution in [0, 0.1) is 0 Å². The van der Waals surface area contributed by atoms with Gasteiger partial charge in [-0.2, -0.15) is 0 Å². The molecule has 0 bridgehead atoms. The molecule has 1 aliphatic rings. The fourth-order valence-electron chi connectivity index (χ4n) is 2.74. The molecule has 1 amide bonds. The number of rotatable bonds is 5. The lowest BCUT2D eigenvalue weighted by atomic mass is 10.2. The zero-order chi connectivity index (χ0) is 17.8. The number of likely N-dealkylation sites (N-methyl/N-ethyl adjacent to an activating group) is 1. The Kier molecular flexibility index (Phi) is 6.14. The van der Waals surface area contributed by atoms with E-state index in [0.717, 1.165) is 42.8 Å². The maximum Gasteiger partial charge on any atom is 0.277 e. The predicted molar refractivity (Wildman–Crippen MR) is 101 cm³/mol. The van der Waals surface area contributed by atoms with E-state index in [2.05, 4.69) is 38.0 Å². The molecule has 134 valence electrons. The van der Waals surface area contributed by atoms with E-state index < -0.39 is 0 Å². The van der Waals surface area contributed by atoms with Gasteiger partial charge in [-0.1, -0.05) is 40.7 Å². The standard InChI is InChI=1S/C17H21BrN4O2S/c1-3-21-7-9-22(10-8-21)16(23)12(2)25-17-20-19-15(24-17)13-5-4-6-14(18)11-13/h4-6,11-12H,3,7-10H2,1-2H3. The lowest BCUT2D eigenvalue weighted by molar-refractivity contribution is -0.132. The topological polar surface area (TPSA) is 62.5 Å². The van der Waals surface area contributed by atoms with Crippen LogP contribution in [0.5, 0.6) is 0 Å². The first-order valence-corrected chi connectivity index (χ1v) is 10.0. The van der Waals surface area contributed by atoms with Gasteiger partial charge in [0.05, 0.1) is 5.25 Å². The van der Waals surface area contributed by atoms with Gasteiger partial charge in [0.15, 0.2) is 0 Å². The molecule has 2 aromatic rings. The predicted octanol–water partition coefficient (Wildman–Crippen LogP) is 3.14. The zero-order valence-corrected chi connectivity index (χ0v) is 16.7. The summed E-state index contributed by atoms with van der Waals surface area (Å²) in [5.74, 6) is 0.586. The Morgan fingerprint density at radius 1 is 1.32 bits per heavy atom. The van der Waals surface area contributed by atoms with Crippen LogP contribution >= 0.6 is 27.7 Å². The molecule has 1 atom stereocenters. The Balaban J connectivity index is 1.60. The third kappa shape index (κ3) is 4.62. The number of carbonyl (C=O) groups excluding carboxylic acids is 1. The quantitative estimate of drug-likeness (QED) is 0.686. The molecule has 3 rings (SSSR count). The van der Waals surface area contributed by atoms with Crippen LogP contribution in [0.4, 0.5) is 0 Å². The van der Waals surface area contributed by atoms with Crippen LogP contribution in [-0.4, -0.2) is 63.9 Å². The molecule has 6 nitrogen and oxygen atoms in total. The normalized spacial score (nSPS) is 16.8. The monoisotopic (exact) mass is 424 g/mol. The van der Waals surface area contributed by atoms with Crippen molar-refractivity contribution in [1.29, 1.82) is 0 Å². The smallest absolute Gasteiger partial charge is 0.277 e. The van der Waals surface area contributed by atoms with Crippen molar-refractivity contribution in [3.8, 4) is 11.5 Å². The minimum absolute atomic E-state index is 0.128. The first-order chi connectivity index (χ1) is 12.1. The summed E-state index contributed by atoms with van der Waals surface area (Å²) in [6.45, 7) is 8.51. The summed E-state index contributed by atoms with van der Waals surface area (Å²) in [6.07, 6.45) is 0. The highest BCUT2D eigenvalue weighted by atomic mass is 79.9. The molecule has 0 saturated carbocycles. The Bertz CT molecular complexity index is 731. The number of benzene rings is 1. The van der Waals surface area contributed by atoms with Crippen molar-refractivity contribution < 1.29 is 9.21 Å². The van der Waals surface area contributed by atoms with Gasteiger partial charge in [-0.25, -0.2) is 0 Å². The second-order valence-electron chi connectivity index (χ2n) is 5.90. The molecule has 2 heterocycles. The lowest BCUT2D eigenvalue weighted by Gasteiger charge is -2.35. The molecule has 25 heavy (non-hydrogen) atoms. The van der Waals surface area contributed by atoms with Gasteiger partial charge < -0.3 is 14.2 Å².